The molecule has 0 heterocycles. The molecule has 3 nitrogen and oxygen atoms in total. The Bertz CT molecular complexity index is 743. The van der Waals surface area contributed by atoms with Gasteiger partial charge >= 0.3 is 0 Å². The highest BCUT2D eigenvalue weighted by Crippen LogP contribution is 2.32. The lowest BCUT2D eigenvalue weighted by Gasteiger charge is -2.23. The molecule has 0 bridgehead atoms. The predicted octanol–water partition coefficient (Wildman–Crippen LogP) is 6.31. The first-order valence-corrected chi connectivity index (χ1v) is 11.1. The van der Waals surface area contributed by atoms with Gasteiger partial charge in [-0.25, -0.2) is 0 Å². The van der Waals surface area contributed by atoms with Crippen LogP contribution in [-0.4, -0.2) is 38.1 Å². The van der Waals surface area contributed by atoms with E-state index >= 15 is 0 Å². The fraction of sp³-hybridized carbons (Fsp3) is 0.538. The maximum Gasteiger partial charge on any atom is 0.0410 e. The second kappa shape index (κ2) is 10.7. The summed E-state index contributed by atoms with van der Waals surface area (Å²) in [5.41, 5.74) is 9.47. The van der Waals surface area contributed by atoms with Crippen molar-refractivity contribution in [1.82, 2.24) is 4.90 Å². The van der Waals surface area contributed by atoms with Crippen molar-refractivity contribution < 1.29 is 0 Å². The first-order valence-electron chi connectivity index (χ1n) is 11.1. The molecule has 0 atom stereocenters. The molecule has 0 aliphatic rings. The normalized spacial score (nSPS) is 11.6. The Kier molecular flexibility index (Phi) is 8.58. The van der Waals surface area contributed by atoms with Crippen molar-refractivity contribution in [3.05, 3.63) is 58.1 Å². The van der Waals surface area contributed by atoms with Crippen molar-refractivity contribution in [1.29, 1.82) is 0 Å². The van der Waals surface area contributed by atoms with Gasteiger partial charge in [0, 0.05) is 37.6 Å². The highest BCUT2D eigenvalue weighted by Gasteiger charge is 2.13. The van der Waals surface area contributed by atoms with Crippen LogP contribution >= 0.6 is 0 Å². The monoisotopic (exact) mass is 395 g/mol. The third-order valence-electron chi connectivity index (χ3n) is 5.64. The van der Waals surface area contributed by atoms with Crippen molar-refractivity contribution in [2.75, 3.05) is 43.9 Å². The van der Waals surface area contributed by atoms with Gasteiger partial charge in [-0.15, -0.1) is 0 Å². The molecular weight excluding hydrogens is 354 g/mol. The molecule has 2 aromatic rings. The van der Waals surface area contributed by atoms with Gasteiger partial charge in [0.05, 0.1) is 0 Å². The second-order valence-corrected chi connectivity index (χ2v) is 9.05. The summed E-state index contributed by atoms with van der Waals surface area (Å²) in [4.78, 5) is 2.39. The predicted molar refractivity (Wildman–Crippen MR) is 130 cm³/mol. The number of anilines is 2. The standard InChI is InChI=1S/C26H41N3/c1-18(2)23-10-9-11-24(19(3)4)26(23)28-13-15-29(8)14-12-27-25-21(6)16-20(5)17-22(25)7/h9-11,16-19,27-28H,12-15H2,1-8H3. The summed E-state index contributed by atoms with van der Waals surface area (Å²) >= 11 is 0. The molecule has 2 N–H and O–H groups in total. The molecule has 2 aromatic carbocycles. The maximum atomic E-state index is 3.75. The average molecular weight is 396 g/mol. The molecule has 0 saturated carbocycles. The molecule has 0 radical (unpaired) electrons. The summed E-state index contributed by atoms with van der Waals surface area (Å²) < 4.78 is 0. The third kappa shape index (κ3) is 6.50. The van der Waals surface area contributed by atoms with Crippen LogP contribution in [0.5, 0.6) is 0 Å². The summed E-state index contributed by atoms with van der Waals surface area (Å²) in [6.45, 7) is 19.6. The van der Waals surface area contributed by atoms with E-state index in [2.05, 4.69) is 101 Å². The van der Waals surface area contributed by atoms with Crippen LogP contribution in [0.2, 0.25) is 0 Å². The minimum atomic E-state index is 0.527. The number of benzene rings is 2. The molecule has 0 unspecified atom stereocenters. The van der Waals surface area contributed by atoms with Crippen LogP contribution in [0.25, 0.3) is 0 Å². The van der Waals surface area contributed by atoms with E-state index in [0.29, 0.717) is 11.8 Å². The fourth-order valence-corrected chi connectivity index (χ4v) is 4.07. The maximum absolute atomic E-state index is 3.75. The molecule has 29 heavy (non-hydrogen) atoms. The van der Waals surface area contributed by atoms with Gasteiger partial charge in [0.1, 0.15) is 0 Å². The Hall–Kier alpha value is -2.00. The molecule has 0 fully saturated rings. The summed E-state index contributed by atoms with van der Waals surface area (Å²) in [6, 6.07) is 11.2. The molecule has 0 amide bonds. The Morgan fingerprint density at radius 1 is 0.759 bits per heavy atom. The topological polar surface area (TPSA) is 27.3 Å². The van der Waals surface area contributed by atoms with Crippen LogP contribution in [0, 0.1) is 20.8 Å². The Morgan fingerprint density at radius 3 is 1.66 bits per heavy atom. The van der Waals surface area contributed by atoms with E-state index in [0.717, 1.165) is 26.2 Å². The first-order chi connectivity index (χ1) is 13.7. The SMILES string of the molecule is Cc1cc(C)c(NCCN(C)CCNc2c(C(C)C)cccc2C(C)C)c(C)c1. The summed E-state index contributed by atoms with van der Waals surface area (Å²) in [6.07, 6.45) is 0. The minimum Gasteiger partial charge on any atom is -0.383 e. The zero-order valence-corrected chi connectivity index (χ0v) is 19.8. The number of hydrogen-bond acceptors (Lipinski definition) is 3. The third-order valence-corrected chi connectivity index (χ3v) is 5.64. The van der Waals surface area contributed by atoms with Crippen molar-refractivity contribution in [3.63, 3.8) is 0 Å². The zero-order valence-electron chi connectivity index (χ0n) is 19.8. The van der Waals surface area contributed by atoms with Crippen molar-refractivity contribution in [2.45, 2.75) is 60.3 Å². The van der Waals surface area contributed by atoms with Crippen LogP contribution in [0.15, 0.2) is 30.3 Å². The van der Waals surface area contributed by atoms with Gasteiger partial charge < -0.3 is 15.5 Å². The second-order valence-electron chi connectivity index (χ2n) is 9.05. The molecule has 160 valence electrons. The van der Waals surface area contributed by atoms with Gasteiger partial charge in [0.2, 0.25) is 0 Å². The molecule has 3 heteroatoms. The van der Waals surface area contributed by atoms with E-state index in [9.17, 15) is 0 Å². The van der Waals surface area contributed by atoms with E-state index in [1.54, 1.807) is 0 Å². The first kappa shape index (κ1) is 23.3. The van der Waals surface area contributed by atoms with Gasteiger partial charge in [-0.1, -0.05) is 63.6 Å². The molecule has 0 aromatic heterocycles. The Labute approximate surface area is 178 Å². The van der Waals surface area contributed by atoms with Gasteiger partial charge in [0.25, 0.3) is 0 Å². The van der Waals surface area contributed by atoms with E-state index < -0.39 is 0 Å². The molecule has 0 spiro atoms. The smallest absolute Gasteiger partial charge is 0.0410 e. The van der Waals surface area contributed by atoms with E-state index in [1.165, 1.54) is 39.2 Å². The van der Waals surface area contributed by atoms with E-state index in [-0.39, 0.29) is 0 Å². The van der Waals surface area contributed by atoms with E-state index in [1.807, 2.05) is 0 Å². The highest BCUT2D eigenvalue weighted by molar-refractivity contribution is 5.60. The number of aryl methyl sites for hydroxylation is 3. The fourth-order valence-electron chi connectivity index (χ4n) is 4.07. The zero-order chi connectivity index (χ0) is 21.6. The van der Waals surface area contributed by atoms with Crippen LogP contribution in [-0.2, 0) is 0 Å². The number of para-hydroxylation sites is 1. The van der Waals surface area contributed by atoms with Crippen LogP contribution in [0.3, 0.4) is 0 Å². The van der Waals surface area contributed by atoms with Gasteiger partial charge in [-0.05, 0) is 61.9 Å². The van der Waals surface area contributed by atoms with Crippen LogP contribution in [0.4, 0.5) is 11.4 Å². The Balaban J connectivity index is 1.87. The van der Waals surface area contributed by atoms with Gasteiger partial charge in [-0.3, -0.25) is 0 Å². The lowest BCUT2D eigenvalue weighted by Crippen LogP contribution is -2.30. The Morgan fingerprint density at radius 2 is 1.21 bits per heavy atom. The van der Waals surface area contributed by atoms with Crippen molar-refractivity contribution in [3.8, 4) is 0 Å². The highest BCUT2D eigenvalue weighted by atomic mass is 15.1. The van der Waals surface area contributed by atoms with Crippen molar-refractivity contribution >= 4 is 11.4 Å². The summed E-state index contributed by atoms with van der Waals surface area (Å²) in [7, 11) is 2.20. The molecule has 0 saturated heterocycles. The molecule has 0 aliphatic heterocycles. The lowest BCUT2D eigenvalue weighted by molar-refractivity contribution is 0.360. The molecular formula is C26H41N3. The van der Waals surface area contributed by atoms with Crippen molar-refractivity contribution in [2.24, 2.45) is 0 Å². The number of nitrogens with zero attached hydrogens (tertiary/aromatic N) is 1. The minimum absolute atomic E-state index is 0.527. The summed E-state index contributed by atoms with van der Waals surface area (Å²) in [5.74, 6) is 1.05. The largest absolute Gasteiger partial charge is 0.383 e. The molecule has 0 aliphatic carbocycles. The van der Waals surface area contributed by atoms with Crippen LogP contribution < -0.4 is 10.6 Å². The number of rotatable bonds is 10. The number of nitrogens with one attached hydrogen (secondary N) is 2. The van der Waals surface area contributed by atoms with Gasteiger partial charge in [0.15, 0.2) is 0 Å². The summed E-state index contributed by atoms with van der Waals surface area (Å²) in [5, 5.41) is 7.38. The quantitative estimate of drug-likeness (QED) is 0.493. The molecule has 2 rings (SSSR count). The van der Waals surface area contributed by atoms with Gasteiger partial charge in [-0.2, -0.15) is 0 Å². The lowest BCUT2D eigenvalue weighted by atomic mass is 9.92. The average Bonchev–Trinajstić information content (AvgIpc) is 2.63. The van der Waals surface area contributed by atoms with Crippen LogP contribution in [0.1, 0.15) is 67.3 Å². The number of likely N-dealkylation sites (N-methyl/N-ethyl adjacent to an activating group) is 1. The number of hydrogen-bond donors (Lipinski definition) is 2. The van der Waals surface area contributed by atoms with E-state index in [4.69, 9.17) is 0 Å².